The van der Waals surface area contributed by atoms with E-state index in [1.165, 1.54) is 16.7 Å². The van der Waals surface area contributed by atoms with E-state index in [1.807, 2.05) is 31.2 Å². The Hall–Kier alpha value is -1.80. The van der Waals surface area contributed by atoms with Crippen LogP contribution >= 0.6 is 0 Å². The van der Waals surface area contributed by atoms with Crippen LogP contribution in [0.2, 0.25) is 0 Å². The lowest BCUT2D eigenvalue weighted by atomic mass is 9.99. The monoisotopic (exact) mass is 269 g/mol. The molecule has 106 valence electrons. The predicted molar refractivity (Wildman–Crippen MR) is 84.1 cm³/mol. The number of benzene rings is 2. The molecule has 0 spiro atoms. The number of hydrogen-bond donors (Lipinski definition) is 1. The minimum Gasteiger partial charge on any atom is -0.484 e. The summed E-state index contributed by atoms with van der Waals surface area (Å²) in [5.41, 5.74) is 10.9. The molecule has 2 nitrogen and oxygen atoms in total. The Kier molecular flexibility index (Phi) is 4.46. The Morgan fingerprint density at radius 3 is 2.20 bits per heavy atom. The molecule has 0 bridgehead atoms. The lowest BCUT2D eigenvalue weighted by molar-refractivity contribution is 0.178. The first-order valence-electron chi connectivity index (χ1n) is 7.04. The maximum Gasteiger partial charge on any atom is 0.139 e. The van der Waals surface area contributed by atoms with E-state index < -0.39 is 0 Å². The van der Waals surface area contributed by atoms with Crippen molar-refractivity contribution in [3.8, 4) is 5.75 Å². The van der Waals surface area contributed by atoms with E-state index in [9.17, 15) is 0 Å². The molecule has 0 heterocycles. The van der Waals surface area contributed by atoms with Gasteiger partial charge in [-0.05, 0) is 56.0 Å². The van der Waals surface area contributed by atoms with Gasteiger partial charge in [0.2, 0.25) is 0 Å². The maximum atomic E-state index is 6.23. The van der Waals surface area contributed by atoms with Gasteiger partial charge in [0.05, 0.1) is 0 Å². The number of ether oxygens (including phenoxy) is 1. The van der Waals surface area contributed by atoms with Crippen molar-refractivity contribution in [1.82, 2.24) is 0 Å². The second-order valence-corrected chi connectivity index (χ2v) is 5.45. The molecule has 0 aliphatic rings. The number of nitrogens with two attached hydrogens (primary N) is 1. The molecule has 0 amide bonds. The van der Waals surface area contributed by atoms with Crippen molar-refractivity contribution < 1.29 is 4.74 Å². The van der Waals surface area contributed by atoms with Crippen molar-refractivity contribution >= 4 is 0 Å². The Balaban J connectivity index is 2.36. The third kappa shape index (κ3) is 3.02. The van der Waals surface area contributed by atoms with Crippen molar-refractivity contribution in [3.63, 3.8) is 0 Å². The van der Waals surface area contributed by atoms with Gasteiger partial charge in [0.1, 0.15) is 11.9 Å². The first-order chi connectivity index (χ1) is 9.50. The summed E-state index contributed by atoms with van der Waals surface area (Å²) in [7, 11) is 0. The molecule has 2 N–H and O–H groups in total. The third-order valence-corrected chi connectivity index (χ3v) is 3.78. The molecule has 2 atom stereocenters. The number of rotatable bonds is 4. The highest BCUT2D eigenvalue weighted by atomic mass is 16.5. The van der Waals surface area contributed by atoms with Gasteiger partial charge in [-0.1, -0.05) is 36.4 Å². The normalized spacial score (nSPS) is 13.8. The summed E-state index contributed by atoms with van der Waals surface area (Å²) < 4.78 is 6.23. The van der Waals surface area contributed by atoms with Crippen LogP contribution < -0.4 is 10.5 Å². The summed E-state index contributed by atoms with van der Waals surface area (Å²) in [6, 6.07) is 14.3. The zero-order chi connectivity index (χ0) is 14.7. The maximum absolute atomic E-state index is 6.23. The van der Waals surface area contributed by atoms with Gasteiger partial charge in [-0.15, -0.1) is 0 Å². The van der Waals surface area contributed by atoms with E-state index in [1.54, 1.807) is 0 Å². The van der Waals surface area contributed by atoms with Gasteiger partial charge >= 0.3 is 0 Å². The predicted octanol–water partition coefficient (Wildman–Crippen LogP) is 4.08. The summed E-state index contributed by atoms with van der Waals surface area (Å²) in [6.45, 7) is 8.26. The fourth-order valence-corrected chi connectivity index (χ4v) is 2.35. The smallest absolute Gasteiger partial charge is 0.139 e. The van der Waals surface area contributed by atoms with E-state index in [0.717, 1.165) is 11.3 Å². The quantitative estimate of drug-likeness (QED) is 0.907. The molecular formula is C18H23NO. The van der Waals surface area contributed by atoms with Gasteiger partial charge in [0, 0.05) is 6.04 Å². The van der Waals surface area contributed by atoms with E-state index in [-0.39, 0.29) is 12.1 Å². The van der Waals surface area contributed by atoms with Crippen LogP contribution in [0.15, 0.2) is 42.5 Å². The zero-order valence-electron chi connectivity index (χ0n) is 12.7. The van der Waals surface area contributed by atoms with E-state index >= 15 is 0 Å². The lowest BCUT2D eigenvalue weighted by Gasteiger charge is -2.25. The molecule has 2 aromatic rings. The van der Waals surface area contributed by atoms with Crippen molar-refractivity contribution in [2.45, 2.75) is 39.8 Å². The van der Waals surface area contributed by atoms with Crippen LogP contribution in [-0.2, 0) is 0 Å². The van der Waals surface area contributed by atoms with E-state index in [4.69, 9.17) is 10.5 Å². The molecule has 2 heteroatoms. The van der Waals surface area contributed by atoms with Gasteiger partial charge in [-0.25, -0.2) is 0 Å². The first-order valence-corrected chi connectivity index (χ1v) is 7.04. The van der Waals surface area contributed by atoms with Crippen molar-refractivity contribution in [1.29, 1.82) is 0 Å². The average Bonchev–Trinajstić information content (AvgIpc) is 2.41. The molecule has 20 heavy (non-hydrogen) atoms. The molecule has 0 fully saturated rings. The standard InChI is InChI=1S/C18H23NO/c1-12-9-7-11-17(14(12)3)20-18(15(4)19)16-10-6-5-8-13(16)2/h5-11,15,18H,19H2,1-4H3. The summed E-state index contributed by atoms with van der Waals surface area (Å²) in [4.78, 5) is 0. The molecule has 0 aromatic heterocycles. The van der Waals surface area contributed by atoms with Gasteiger partial charge in [0.15, 0.2) is 0 Å². The molecule has 0 radical (unpaired) electrons. The lowest BCUT2D eigenvalue weighted by Crippen LogP contribution is -2.29. The van der Waals surface area contributed by atoms with Gasteiger partial charge < -0.3 is 10.5 Å². The van der Waals surface area contributed by atoms with Crippen molar-refractivity contribution in [3.05, 3.63) is 64.7 Å². The fraction of sp³-hybridized carbons (Fsp3) is 0.333. The third-order valence-electron chi connectivity index (χ3n) is 3.78. The Morgan fingerprint density at radius 1 is 0.900 bits per heavy atom. The summed E-state index contributed by atoms with van der Waals surface area (Å²) in [6.07, 6.45) is -0.128. The Labute approximate surface area is 121 Å². The molecule has 0 aliphatic carbocycles. The van der Waals surface area contributed by atoms with Gasteiger partial charge in [-0.2, -0.15) is 0 Å². The van der Waals surface area contributed by atoms with Crippen LogP contribution in [0.1, 0.15) is 35.3 Å². The zero-order valence-corrected chi connectivity index (χ0v) is 12.7. The summed E-state index contributed by atoms with van der Waals surface area (Å²) >= 11 is 0. The van der Waals surface area contributed by atoms with Gasteiger partial charge in [-0.3, -0.25) is 0 Å². The Bertz CT molecular complexity index is 590. The molecule has 0 saturated carbocycles. The van der Waals surface area contributed by atoms with Crippen LogP contribution in [-0.4, -0.2) is 6.04 Å². The molecular weight excluding hydrogens is 246 g/mol. The molecule has 0 aliphatic heterocycles. The largest absolute Gasteiger partial charge is 0.484 e. The number of hydrogen-bond acceptors (Lipinski definition) is 2. The highest BCUT2D eigenvalue weighted by molar-refractivity contribution is 5.39. The molecule has 2 unspecified atom stereocenters. The van der Waals surface area contributed by atoms with Crippen LogP contribution in [0.25, 0.3) is 0 Å². The second kappa shape index (κ2) is 6.10. The minimum absolute atomic E-state index is 0.0731. The summed E-state index contributed by atoms with van der Waals surface area (Å²) in [5.74, 6) is 0.913. The SMILES string of the molecule is Cc1ccccc1C(Oc1cccc(C)c1C)C(C)N. The summed E-state index contributed by atoms with van der Waals surface area (Å²) in [5, 5.41) is 0. The van der Waals surface area contributed by atoms with E-state index in [2.05, 4.69) is 39.0 Å². The fourth-order valence-electron chi connectivity index (χ4n) is 2.35. The van der Waals surface area contributed by atoms with Crippen molar-refractivity contribution in [2.24, 2.45) is 5.73 Å². The molecule has 2 aromatic carbocycles. The average molecular weight is 269 g/mol. The first kappa shape index (κ1) is 14.6. The van der Waals surface area contributed by atoms with Gasteiger partial charge in [0.25, 0.3) is 0 Å². The van der Waals surface area contributed by atoms with Crippen LogP contribution in [0, 0.1) is 20.8 Å². The number of aryl methyl sites for hydroxylation is 2. The second-order valence-electron chi connectivity index (χ2n) is 5.45. The highest BCUT2D eigenvalue weighted by Gasteiger charge is 2.20. The Morgan fingerprint density at radius 2 is 1.55 bits per heavy atom. The van der Waals surface area contributed by atoms with Crippen LogP contribution in [0.5, 0.6) is 5.75 Å². The van der Waals surface area contributed by atoms with E-state index in [0.29, 0.717) is 0 Å². The molecule has 2 rings (SSSR count). The van der Waals surface area contributed by atoms with Crippen molar-refractivity contribution in [2.75, 3.05) is 0 Å². The minimum atomic E-state index is -0.128. The highest BCUT2D eigenvalue weighted by Crippen LogP contribution is 2.29. The molecule has 0 saturated heterocycles. The van der Waals surface area contributed by atoms with Crippen LogP contribution in [0.3, 0.4) is 0 Å². The topological polar surface area (TPSA) is 35.2 Å². The van der Waals surface area contributed by atoms with Crippen LogP contribution in [0.4, 0.5) is 0 Å².